The van der Waals surface area contributed by atoms with Crippen molar-refractivity contribution < 1.29 is 18.7 Å². The molecule has 1 atom stereocenters. The van der Waals surface area contributed by atoms with Gasteiger partial charge in [-0.05, 0) is 48.4 Å². The van der Waals surface area contributed by atoms with Gasteiger partial charge in [-0.25, -0.2) is 9.18 Å². The summed E-state index contributed by atoms with van der Waals surface area (Å²) in [6.45, 7) is 1.74. The van der Waals surface area contributed by atoms with Crippen molar-refractivity contribution in [3.63, 3.8) is 0 Å². The SMILES string of the molecule is Cc1ccc(N2C(N)=C(C#N)[C@]3(C(=O)N(Cc4cccc(F)c4)c4ccccc43)C3=C2COC3=O)cc1Cl. The fourth-order valence-corrected chi connectivity index (χ4v) is 5.76. The topological polar surface area (TPSA) is 99.7 Å². The van der Waals surface area contributed by atoms with E-state index in [1.54, 1.807) is 59.5 Å². The van der Waals surface area contributed by atoms with Gasteiger partial charge in [0.2, 0.25) is 5.91 Å². The Balaban J connectivity index is 1.61. The number of esters is 1. The maximum Gasteiger partial charge on any atom is 0.338 e. The molecule has 1 amide bonds. The zero-order valence-electron chi connectivity index (χ0n) is 20.2. The molecule has 0 fully saturated rings. The monoisotopic (exact) mass is 526 g/mol. The third-order valence-corrected chi connectivity index (χ3v) is 7.68. The third-order valence-electron chi connectivity index (χ3n) is 7.27. The molecule has 3 heterocycles. The first-order chi connectivity index (χ1) is 18.3. The molecular weight excluding hydrogens is 507 g/mol. The lowest BCUT2D eigenvalue weighted by atomic mass is 9.67. The summed E-state index contributed by atoms with van der Waals surface area (Å²) in [5.74, 6) is -1.68. The number of amides is 1. The summed E-state index contributed by atoms with van der Waals surface area (Å²) in [4.78, 5) is 30.9. The van der Waals surface area contributed by atoms with E-state index in [1.807, 2.05) is 6.92 Å². The number of fused-ring (bicyclic) bond motifs is 3. The molecule has 3 aliphatic rings. The van der Waals surface area contributed by atoms with Crippen LogP contribution in [0.5, 0.6) is 0 Å². The van der Waals surface area contributed by atoms with Crippen LogP contribution in [-0.4, -0.2) is 18.5 Å². The fourth-order valence-electron chi connectivity index (χ4n) is 5.58. The number of benzene rings is 3. The number of nitrogens with two attached hydrogens (primary N) is 1. The molecule has 0 saturated carbocycles. The molecule has 2 N–H and O–H groups in total. The minimum Gasteiger partial charge on any atom is -0.456 e. The van der Waals surface area contributed by atoms with Crippen LogP contribution in [0.15, 0.2) is 89.4 Å². The molecule has 0 radical (unpaired) electrons. The molecule has 3 aromatic carbocycles. The van der Waals surface area contributed by atoms with E-state index in [4.69, 9.17) is 22.1 Å². The highest BCUT2D eigenvalue weighted by Crippen LogP contribution is 2.56. The number of hydrogen-bond donors (Lipinski definition) is 1. The molecule has 0 unspecified atom stereocenters. The summed E-state index contributed by atoms with van der Waals surface area (Å²) in [6.07, 6.45) is 0. The maximum absolute atomic E-state index is 14.5. The summed E-state index contributed by atoms with van der Waals surface area (Å²) in [5, 5.41) is 11.0. The van der Waals surface area contributed by atoms with Crippen molar-refractivity contribution in [3.8, 4) is 6.07 Å². The average molecular weight is 527 g/mol. The Hall–Kier alpha value is -4.61. The normalized spacial score (nSPS) is 20.2. The summed E-state index contributed by atoms with van der Waals surface area (Å²) >= 11 is 6.39. The van der Waals surface area contributed by atoms with Crippen LogP contribution in [0, 0.1) is 24.1 Å². The van der Waals surface area contributed by atoms with Gasteiger partial charge >= 0.3 is 5.97 Å². The molecule has 3 aliphatic heterocycles. The number of halogens is 2. The molecule has 7 nitrogen and oxygen atoms in total. The predicted octanol–water partition coefficient (Wildman–Crippen LogP) is 4.60. The van der Waals surface area contributed by atoms with Crippen LogP contribution in [0.1, 0.15) is 16.7 Å². The molecule has 9 heteroatoms. The Labute approximate surface area is 222 Å². The first kappa shape index (κ1) is 23.8. The second-order valence-corrected chi connectivity index (χ2v) is 9.73. The minimum atomic E-state index is -1.81. The zero-order valence-corrected chi connectivity index (χ0v) is 20.9. The van der Waals surface area contributed by atoms with Crippen molar-refractivity contribution in [3.05, 3.63) is 117 Å². The number of ether oxygens (including phenoxy) is 1. The van der Waals surface area contributed by atoms with Gasteiger partial charge in [-0.15, -0.1) is 0 Å². The maximum atomic E-state index is 14.5. The molecule has 0 bridgehead atoms. The summed E-state index contributed by atoms with van der Waals surface area (Å²) in [6, 6.07) is 20.3. The minimum absolute atomic E-state index is 0.000211. The van der Waals surface area contributed by atoms with Crippen molar-refractivity contribution >= 4 is 34.9 Å². The Morgan fingerprint density at radius 1 is 1.13 bits per heavy atom. The molecular formula is C29H20ClFN4O3. The fraction of sp³-hybridized carbons (Fsp3) is 0.138. The standard InChI is InChI=1S/C29H20ClFN4O3/c1-16-9-10-19(12-22(16)30)35-24-15-38-27(36)25(24)29(21(13-32)26(35)33)20-7-2-3-8-23(20)34(28(29)37)14-17-5-4-6-18(31)11-17/h2-12H,14-15,33H2,1H3/t29-/m0/s1. The van der Waals surface area contributed by atoms with Gasteiger partial charge in [0.1, 0.15) is 29.7 Å². The molecule has 6 rings (SSSR count). The number of rotatable bonds is 3. The number of cyclic esters (lactones) is 1. The summed E-state index contributed by atoms with van der Waals surface area (Å²) in [5.41, 5.74) is 8.03. The third kappa shape index (κ3) is 3.12. The second-order valence-electron chi connectivity index (χ2n) is 9.33. The van der Waals surface area contributed by atoms with Crippen LogP contribution >= 0.6 is 11.6 Å². The van der Waals surface area contributed by atoms with Crippen LogP contribution in [0.2, 0.25) is 5.02 Å². The van der Waals surface area contributed by atoms with E-state index in [9.17, 15) is 19.2 Å². The van der Waals surface area contributed by atoms with Crippen LogP contribution < -0.4 is 15.5 Å². The number of carbonyl (C=O) groups excluding carboxylic acids is 2. The first-order valence-corrected chi connectivity index (χ1v) is 12.2. The van der Waals surface area contributed by atoms with E-state index >= 15 is 0 Å². The van der Waals surface area contributed by atoms with E-state index in [1.165, 1.54) is 17.0 Å². The lowest BCUT2D eigenvalue weighted by molar-refractivity contribution is -0.137. The highest BCUT2D eigenvalue weighted by Gasteiger charge is 2.63. The highest BCUT2D eigenvalue weighted by molar-refractivity contribution is 6.31. The second kappa shape index (κ2) is 8.47. The molecule has 0 aromatic heterocycles. The Morgan fingerprint density at radius 3 is 2.66 bits per heavy atom. The van der Waals surface area contributed by atoms with Gasteiger partial charge < -0.3 is 15.4 Å². The van der Waals surface area contributed by atoms with Gasteiger partial charge in [0, 0.05) is 22.0 Å². The quantitative estimate of drug-likeness (QED) is 0.501. The van der Waals surface area contributed by atoms with Crippen molar-refractivity contribution in [2.45, 2.75) is 18.9 Å². The number of para-hydroxylation sites is 1. The molecule has 0 saturated heterocycles. The van der Waals surface area contributed by atoms with E-state index in [-0.39, 0.29) is 30.1 Å². The van der Waals surface area contributed by atoms with Crippen molar-refractivity contribution in [1.82, 2.24) is 0 Å². The van der Waals surface area contributed by atoms with Crippen molar-refractivity contribution in [2.24, 2.45) is 5.73 Å². The van der Waals surface area contributed by atoms with Crippen LogP contribution in [0.25, 0.3) is 0 Å². The first-order valence-electron chi connectivity index (χ1n) is 11.8. The van der Waals surface area contributed by atoms with Gasteiger partial charge in [-0.1, -0.05) is 48.0 Å². The average Bonchev–Trinajstić information content (AvgIpc) is 3.39. The van der Waals surface area contributed by atoms with Crippen LogP contribution in [-0.2, 0) is 26.3 Å². The Kier molecular flexibility index (Phi) is 5.30. The molecule has 1 spiro atoms. The van der Waals surface area contributed by atoms with E-state index in [0.29, 0.717) is 33.2 Å². The number of nitriles is 1. The largest absolute Gasteiger partial charge is 0.456 e. The molecule has 38 heavy (non-hydrogen) atoms. The number of hydrogen-bond acceptors (Lipinski definition) is 6. The Bertz CT molecular complexity index is 1670. The molecule has 0 aliphatic carbocycles. The van der Waals surface area contributed by atoms with E-state index < -0.39 is 23.1 Å². The van der Waals surface area contributed by atoms with Gasteiger partial charge in [0.05, 0.1) is 23.4 Å². The van der Waals surface area contributed by atoms with E-state index in [2.05, 4.69) is 6.07 Å². The van der Waals surface area contributed by atoms with Crippen molar-refractivity contribution in [1.29, 1.82) is 5.26 Å². The number of carbonyl (C=O) groups is 2. The van der Waals surface area contributed by atoms with Crippen LogP contribution in [0.3, 0.4) is 0 Å². The van der Waals surface area contributed by atoms with Gasteiger partial charge in [0.15, 0.2) is 0 Å². The van der Waals surface area contributed by atoms with Gasteiger partial charge in [-0.2, -0.15) is 5.26 Å². The highest BCUT2D eigenvalue weighted by atomic mass is 35.5. The lowest BCUT2D eigenvalue weighted by Gasteiger charge is -2.38. The zero-order chi connectivity index (χ0) is 26.8. The van der Waals surface area contributed by atoms with Crippen LogP contribution in [0.4, 0.5) is 15.8 Å². The van der Waals surface area contributed by atoms with Crippen molar-refractivity contribution in [2.75, 3.05) is 16.4 Å². The lowest BCUT2D eigenvalue weighted by Crippen LogP contribution is -2.50. The van der Waals surface area contributed by atoms with E-state index in [0.717, 1.165) is 5.56 Å². The van der Waals surface area contributed by atoms with Gasteiger partial charge in [0.25, 0.3) is 0 Å². The number of anilines is 2. The molecule has 3 aromatic rings. The number of nitrogens with zero attached hydrogens (tertiary/aromatic N) is 3. The smallest absolute Gasteiger partial charge is 0.338 e. The molecule has 188 valence electrons. The van der Waals surface area contributed by atoms with Gasteiger partial charge in [-0.3, -0.25) is 9.69 Å². The Morgan fingerprint density at radius 2 is 1.92 bits per heavy atom. The number of aryl methyl sites for hydroxylation is 1. The predicted molar refractivity (Wildman–Crippen MR) is 139 cm³/mol. The summed E-state index contributed by atoms with van der Waals surface area (Å²) in [7, 11) is 0. The summed E-state index contributed by atoms with van der Waals surface area (Å²) < 4.78 is 19.4.